The molecule has 8 nitrogen and oxygen atoms in total. The topological polar surface area (TPSA) is 100 Å². The third-order valence-corrected chi connectivity index (χ3v) is 8.18. The molecule has 2 bridgehead atoms. The standard InChI is InChI=1S/C22H23F3N6O2S/c1-11(15-4-3-5-16(20(15)23)21(24)25)28-22-17-7-19(27-9-18(17)29-12(2)30-22)34(32,33)31-10-13-6-14(31)8-26-13/h3-5,7,9,11,13-14,21,26H,6,8,10H2,1-2H3,(H,28,29,30)/t11-,13?,14?/m1/s1. The molecule has 3 atom stereocenters. The highest BCUT2D eigenvalue weighted by molar-refractivity contribution is 7.89. The first-order chi connectivity index (χ1) is 16.1. The number of hydrogen-bond donors (Lipinski definition) is 2. The van der Waals surface area contributed by atoms with Gasteiger partial charge in [-0.25, -0.2) is 36.5 Å². The van der Waals surface area contributed by atoms with E-state index in [1.807, 2.05) is 0 Å². The maximum atomic E-state index is 14.7. The van der Waals surface area contributed by atoms with E-state index in [1.54, 1.807) is 13.8 Å². The Balaban J connectivity index is 1.52. The van der Waals surface area contributed by atoms with Crippen LogP contribution in [0.1, 0.15) is 42.8 Å². The van der Waals surface area contributed by atoms with Crippen molar-refractivity contribution in [3.63, 3.8) is 0 Å². The van der Waals surface area contributed by atoms with Gasteiger partial charge in [-0.2, -0.15) is 4.31 Å². The van der Waals surface area contributed by atoms with Gasteiger partial charge >= 0.3 is 0 Å². The van der Waals surface area contributed by atoms with Crippen LogP contribution in [-0.4, -0.2) is 52.8 Å². The van der Waals surface area contributed by atoms with Crippen LogP contribution in [0.4, 0.5) is 19.0 Å². The van der Waals surface area contributed by atoms with E-state index in [9.17, 15) is 21.6 Å². The summed E-state index contributed by atoms with van der Waals surface area (Å²) >= 11 is 0. The second kappa shape index (κ2) is 8.43. The fraction of sp³-hybridized carbons (Fsp3) is 0.409. The van der Waals surface area contributed by atoms with Crippen LogP contribution < -0.4 is 10.6 Å². The Bertz CT molecular complexity index is 1370. The number of rotatable bonds is 6. The maximum absolute atomic E-state index is 14.7. The van der Waals surface area contributed by atoms with E-state index in [1.165, 1.54) is 28.7 Å². The molecule has 4 heterocycles. The van der Waals surface area contributed by atoms with Gasteiger partial charge in [-0.3, -0.25) is 0 Å². The Kier molecular flexibility index (Phi) is 5.69. The van der Waals surface area contributed by atoms with Crippen LogP contribution in [0.15, 0.2) is 35.5 Å². The van der Waals surface area contributed by atoms with Crippen molar-refractivity contribution < 1.29 is 21.6 Å². The molecular formula is C22H23F3N6O2S. The highest BCUT2D eigenvalue weighted by Crippen LogP contribution is 2.33. The molecule has 2 saturated heterocycles. The summed E-state index contributed by atoms with van der Waals surface area (Å²) in [4.78, 5) is 12.9. The molecule has 0 saturated carbocycles. The number of fused-ring (bicyclic) bond motifs is 3. The number of pyridine rings is 1. The lowest BCUT2D eigenvalue weighted by Crippen LogP contribution is -2.46. The summed E-state index contributed by atoms with van der Waals surface area (Å²) in [6.07, 6.45) is -0.802. The molecule has 5 rings (SSSR count). The number of nitrogens with one attached hydrogen (secondary N) is 2. The van der Waals surface area contributed by atoms with E-state index in [2.05, 4.69) is 25.6 Å². The van der Waals surface area contributed by atoms with Crippen molar-refractivity contribution in [2.75, 3.05) is 18.4 Å². The molecule has 34 heavy (non-hydrogen) atoms. The molecular weight excluding hydrogens is 469 g/mol. The number of benzene rings is 1. The Morgan fingerprint density at radius 1 is 1.24 bits per heavy atom. The fourth-order valence-electron chi connectivity index (χ4n) is 4.67. The minimum atomic E-state index is -3.83. The molecule has 2 aliphatic rings. The lowest BCUT2D eigenvalue weighted by Gasteiger charge is -2.26. The molecule has 12 heteroatoms. The van der Waals surface area contributed by atoms with Gasteiger partial charge in [-0.1, -0.05) is 18.2 Å². The summed E-state index contributed by atoms with van der Waals surface area (Å²) in [6.45, 7) is 4.27. The maximum Gasteiger partial charge on any atom is 0.266 e. The van der Waals surface area contributed by atoms with Gasteiger partial charge in [0.25, 0.3) is 16.4 Å². The van der Waals surface area contributed by atoms with Gasteiger partial charge in [-0.15, -0.1) is 0 Å². The SMILES string of the molecule is Cc1nc(N[C@H](C)c2cccc(C(F)F)c2F)c2cc(S(=O)(=O)N3CC4CC3CN4)ncc2n1. The summed E-state index contributed by atoms with van der Waals surface area (Å²) in [5, 5.41) is 6.58. The Morgan fingerprint density at radius 2 is 2.00 bits per heavy atom. The second-order valence-corrected chi connectivity index (χ2v) is 10.5. The van der Waals surface area contributed by atoms with Crippen LogP contribution >= 0.6 is 0 Å². The second-order valence-electron chi connectivity index (χ2n) is 8.65. The minimum Gasteiger partial charge on any atom is -0.363 e. The molecule has 0 spiro atoms. The predicted molar refractivity (Wildman–Crippen MR) is 120 cm³/mol. The van der Waals surface area contributed by atoms with E-state index < -0.39 is 33.9 Å². The molecule has 0 aliphatic carbocycles. The lowest BCUT2D eigenvalue weighted by molar-refractivity contribution is 0.146. The third kappa shape index (κ3) is 3.89. The number of nitrogens with zero attached hydrogens (tertiary/aromatic N) is 4. The number of hydrogen-bond acceptors (Lipinski definition) is 7. The summed E-state index contributed by atoms with van der Waals surface area (Å²) < 4.78 is 69.0. The fourth-order valence-corrected chi connectivity index (χ4v) is 6.29. The largest absolute Gasteiger partial charge is 0.363 e. The lowest BCUT2D eigenvalue weighted by atomic mass is 10.0. The van der Waals surface area contributed by atoms with Gasteiger partial charge in [0.05, 0.1) is 23.3 Å². The highest BCUT2D eigenvalue weighted by atomic mass is 32.2. The third-order valence-electron chi connectivity index (χ3n) is 6.36. The molecule has 1 aromatic carbocycles. The van der Waals surface area contributed by atoms with E-state index >= 15 is 0 Å². The average molecular weight is 493 g/mol. The molecule has 2 N–H and O–H groups in total. The van der Waals surface area contributed by atoms with E-state index in [4.69, 9.17) is 0 Å². The van der Waals surface area contributed by atoms with E-state index in [0.29, 0.717) is 29.8 Å². The van der Waals surface area contributed by atoms with Crippen molar-refractivity contribution in [2.45, 2.75) is 49.8 Å². The van der Waals surface area contributed by atoms with Gasteiger partial charge in [0.2, 0.25) is 0 Å². The Morgan fingerprint density at radius 3 is 2.68 bits per heavy atom. The molecule has 180 valence electrons. The zero-order valence-electron chi connectivity index (χ0n) is 18.5. The van der Waals surface area contributed by atoms with Gasteiger partial charge in [0, 0.05) is 36.1 Å². The molecule has 2 aromatic heterocycles. The van der Waals surface area contributed by atoms with Gasteiger partial charge in [-0.05, 0) is 26.3 Å². The summed E-state index contributed by atoms with van der Waals surface area (Å²) in [7, 11) is -3.83. The summed E-state index contributed by atoms with van der Waals surface area (Å²) in [5.41, 5.74) is -0.223. The zero-order valence-corrected chi connectivity index (χ0v) is 19.3. The van der Waals surface area contributed by atoms with Crippen LogP contribution in [0.3, 0.4) is 0 Å². The number of aryl methyl sites for hydroxylation is 1. The first-order valence-electron chi connectivity index (χ1n) is 10.9. The van der Waals surface area contributed by atoms with Crippen molar-refractivity contribution >= 4 is 26.7 Å². The van der Waals surface area contributed by atoms with Crippen LogP contribution in [0, 0.1) is 12.7 Å². The van der Waals surface area contributed by atoms with Gasteiger partial charge in [0.15, 0.2) is 5.03 Å². The van der Waals surface area contributed by atoms with Gasteiger partial charge in [0.1, 0.15) is 17.5 Å². The molecule has 2 aliphatic heterocycles. The predicted octanol–water partition coefficient (Wildman–Crippen LogP) is 3.32. The van der Waals surface area contributed by atoms with Crippen molar-refractivity contribution in [1.29, 1.82) is 0 Å². The van der Waals surface area contributed by atoms with E-state index in [0.717, 1.165) is 12.5 Å². The van der Waals surface area contributed by atoms with Crippen LogP contribution in [0.25, 0.3) is 10.9 Å². The minimum absolute atomic E-state index is 0.0460. The van der Waals surface area contributed by atoms with Crippen molar-refractivity contribution in [2.24, 2.45) is 0 Å². The number of aromatic nitrogens is 3. The quantitative estimate of drug-likeness (QED) is 0.545. The first-order valence-corrected chi connectivity index (χ1v) is 12.3. The van der Waals surface area contributed by atoms with E-state index in [-0.39, 0.29) is 28.5 Å². The molecule has 2 fully saturated rings. The first kappa shape index (κ1) is 22.9. The van der Waals surface area contributed by atoms with Crippen LogP contribution in [-0.2, 0) is 10.0 Å². The van der Waals surface area contributed by atoms with Crippen molar-refractivity contribution in [3.05, 3.63) is 53.2 Å². The molecule has 0 radical (unpaired) electrons. The molecule has 2 unspecified atom stereocenters. The van der Waals surface area contributed by atoms with Gasteiger partial charge < -0.3 is 10.6 Å². The normalized spacial score (nSPS) is 21.5. The summed E-state index contributed by atoms with van der Waals surface area (Å²) in [5.74, 6) is -0.333. The Labute approximate surface area is 194 Å². The number of halogens is 3. The number of anilines is 1. The Hall–Kier alpha value is -2.83. The van der Waals surface area contributed by atoms with Crippen LogP contribution in [0.5, 0.6) is 0 Å². The summed E-state index contributed by atoms with van der Waals surface area (Å²) in [6, 6.07) is 4.55. The molecule has 0 amide bonds. The van der Waals surface area contributed by atoms with Crippen molar-refractivity contribution in [1.82, 2.24) is 24.6 Å². The number of alkyl halides is 2. The van der Waals surface area contributed by atoms with Crippen LogP contribution in [0.2, 0.25) is 0 Å². The average Bonchev–Trinajstić information content (AvgIpc) is 3.43. The van der Waals surface area contributed by atoms with Crippen molar-refractivity contribution in [3.8, 4) is 0 Å². The monoisotopic (exact) mass is 492 g/mol. The molecule has 3 aromatic rings. The smallest absolute Gasteiger partial charge is 0.266 e. The number of sulfonamides is 1. The number of piperazine rings is 1. The highest BCUT2D eigenvalue weighted by Gasteiger charge is 2.44. The zero-order chi connectivity index (χ0) is 24.2.